The van der Waals surface area contributed by atoms with Crippen LogP contribution in [-0.4, -0.2) is 53.5 Å². The third kappa shape index (κ3) is 6.89. The van der Waals surface area contributed by atoms with Gasteiger partial charge in [0, 0.05) is 28.5 Å². The molecule has 1 aromatic heterocycles. The molecule has 1 aliphatic rings. The minimum Gasteiger partial charge on any atom is -0.491 e. The van der Waals surface area contributed by atoms with E-state index in [9.17, 15) is 9.59 Å². The maximum absolute atomic E-state index is 13.5. The predicted octanol–water partition coefficient (Wildman–Crippen LogP) is 5.68. The second kappa shape index (κ2) is 11.0. The van der Waals surface area contributed by atoms with E-state index in [2.05, 4.69) is 16.8 Å². The number of carbonyl (C=O) groups excluding carboxylic acids is 2. The molecule has 34 heavy (non-hydrogen) atoms. The minimum atomic E-state index is -0.376. The number of hydrogen-bond acceptors (Lipinski definition) is 4. The molecule has 0 spiro atoms. The van der Waals surface area contributed by atoms with E-state index in [0.717, 1.165) is 23.3 Å². The van der Waals surface area contributed by atoms with Crippen LogP contribution in [0.15, 0.2) is 29.6 Å². The summed E-state index contributed by atoms with van der Waals surface area (Å²) < 4.78 is 6.13. The molecule has 3 amide bonds. The van der Waals surface area contributed by atoms with Gasteiger partial charge in [0.25, 0.3) is 0 Å². The molecule has 1 aromatic carbocycles. The molecule has 1 unspecified atom stereocenters. The van der Waals surface area contributed by atoms with Crippen LogP contribution < -0.4 is 10.1 Å². The Bertz CT molecular complexity index is 1010. The first kappa shape index (κ1) is 26.4. The molecule has 1 aliphatic heterocycles. The number of amides is 3. The van der Waals surface area contributed by atoms with Gasteiger partial charge >= 0.3 is 6.03 Å². The van der Waals surface area contributed by atoms with Crippen molar-refractivity contribution in [3.05, 3.63) is 50.7 Å². The summed E-state index contributed by atoms with van der Waals surface area (Å²) in [6, 6.07) is 7.24. The first-order valence-electron chi connectivity index (χ1n) is 11.8. The van der Waals surface area contributed by atoms with Gasteiger partial charge in [0.05, 0.1) is 6.04 Å². The zero-order valence-corrected chi connectivity index (χ0v) is 22.6. The van der Waals surface area contributed by atoms with Crippen molar-refractivity contribution in [3.63, 3.8) is 0 Å². The number of halogens is 1. The fourth-order valence-electron chi connectivity index (χ4n) is 4.07. The van der Waals surface area contributed by atoms with Crippen molar-refractivity contribution < 1.29 is 14.3 Å². The van der Waals surface area contributed by atoms with E-state index in [1.165, 1.54) is 4.88 Å². The predicted molar refractivity (Wildman–Crippen MR) is 139 cm³/mol. The molecule has 2 aromatic rings. The Labute approximate surface area is 212 Å². The van der Waals surface area contributed by atoms with Gasteiger partial charge in [-0.25, -0.2) is 4.79 Å². The van der Waals surface area contributed by atoms with Crippen molar-refractivity contribution in [1.29, 1.82) is 0 Å². The standard InChI is InChI=1S/C26H36ClN3O3S/c1-17(2)14-29(25(32)28-26(4,5)6)15-24(31)30-11-9-23-20(10-12-34-23)22(30)16-33-19-7-8-21(27)18(3)13-19/h7-8,10,12-13,17,22H,9,11,14-16H2,1-6H3,(H,28,32). The van der Waals surface area contributed by atoms with Gasteiger partial charge in [-0.05, 0) is 80.8 Å². The smallest absolute Gasteiger partial charge is 0.318 e. The van der Waals surface area contributed by atoms with Crippen LogP contribution in [0.25, 0.3) is 0 Å². The van der Waals surface area contributed by atoms with Gasteiger partial charge < -0.3 is 19.9 Å². The monoisotopic (exact) mass is 505 g/mol. The summed E-state index contributed by atoms with van der Waals surface area (Å²) in [7, 11) is 0. The van der Waals surface area contributed by atoms with Crippen LogP contribution in [0.3, 0.4) is 0 Å². The van der Waals surface area contributed by atoms with Gasteiger partial charge in [0.1, 0.15) is 18.9 Å². The molecule has 186 valence electrons. The van der Waals surface area contributed by atoms with Crippen molar-refractivity contribution in [2.75, 3.05) is 26.2 Å². The second-order valence-corrected chi connectivity index (χ2v) is 11.7. The number of rotatable bonds is 7. The summed E-state index contributed by atoms with van der Waals surface area (Å²) in [5, 5.41) is 5.76. The largest absolute Gasteiger partial charge is 0.491 e. The molecule has 3 rings (SSSR count). The molecule has 0 aliphatic carbocycles. The van der Waals surface area contributed by atoms with Gasteiger partial charge in [0.2, 0.25) is 5.91 Å². The summed E-state index contributed by atoms with van der Waals surface area (Å²) in [5.41, 5.74) is 1.70. The Morgan fingerprint density at radius 2 is 2.03 bits per heavy atom. The summed E-state index contributed by atoms with van der Waals surface area (Å²) >= 11 is 7.87. The van der Waals surface area contributed by atoms with Crippen molar-refractivity contribution in [3.8, 4) is 5.75 Å². The number of urea groups is 1. The van der Waals surface area contributed by atoms with E-state index in [1.54, 1.807) is 16.2 Å². The number of nitrogens with one attached hydrogen (secondary N) is 1. The van der Waals surface area contributed by atoms with Crippen LogP contribution in [0.2, 0.25) is 5.02 Å². The van der Waals surface area contributed by atoms with Gasteiger partial charge in [-0.15, -0.1) is 11.3 Å². The van der Waals surface area contributed by atoms with Crippen LogP contribution >= 0.6 is 22.9 Å². The fraction of sp³-hybridized carbons (Fsp3) is 0.538. The molecule has 2 heterocycles. The van der Waals surface area contributed by atoms with Gasteiger partial charge in [0.15, 0.2) is 0 Å². The third-order valence-corrected chi connectivity index (χ3v) is 7.05. The van der Waals surface area contributed by atoms with Crippen LogP contribution in [0.4, 0.5) is 4.79 Å². The van der Waals surface area contributed by atoms with Crippen LogP contribution in [0, 0.1) is 12.8 Å². The van der Waals surface area contributed by atoms with E-state index < -0.39 is 0 Å². The molecule has 0 bridgehead atoms. The average Bonchev–Trinajstić information content (AvgIpc) is 3.21. The SMILES string of the molecule is Cc1cc(OCC2c3ccsc3CCN2C(=O)CN(CC(C)C)C(=O)NC(C)(C)C)ccc1Cl. The maximum Gasteiger partial charge on any atom is 0.318 e. The second-order valence-electron chi connectivity index (χ2n) is 10.3. The average molecular weight is 506 g/mol. The van der Waals surface area contributed by atoms with Crippen LogP contribution in [0.5, 0.6) is 5.75 Å². The highest BCUT2D eigenvalue weighted by molar-refractivity contribution is 7.10. The molecule has 1 atom stereocenters. The van der Waals surface area contributed by atoms with Gasteiger partial charge in [-0.1, -0.05) is 25.4 Å². The lowest BCUT2D eigenvalue weighted by Gasteiger charge is -2.37. The van der Waals surface area contributed by atoms with Crippen LogP contribution in [-0.2, 0) is 11.2 Å². The van der Waals surface area contributed by atoms with E-state index in [-0.39, 0.29) is 36.0 Å². The Morgan fingerprint density at radius 1 is 1.29 bits per heavy atom. The van der Waals surface area contributed by atoms with Gasteiger partial charge in [-0.3, -0.25) is 4.79 Å². The van der Waals surface area contributed by atoms with E-state index in [4.69, 9.17) is 16.3 Å². The third-order valence-electron chi connectivity index (χ3n) is 5.63. The zero-order valence-electron chi connectivity index (χ0n) is 21.0. The number of thiophene rings is 1. The minimum absolute atomic E-state index is 0.0378. The number of nitrogens with zero attached hydrogens (tertiary/aromatic N) is 2. The summed E-state index contributed by atoms with van der Waals surface area (Å²) in [4.78, 5) is 31.3. The Morgan fingerprint density at radius 3 is 2.68 bits per heavy atom. The first-order valence-corrected chi connectivity index (χ1v) is 13.0. The van der Waals surface area contributed by atoms with Crippen molar-refractivity contribution in [2.24, 2.45) is 5.92 Å². The molecule has 6 nitrogen and oxygen atoms in total. The van der Waals surface area contributed by atoms with E-state index in [0.29, 0.717) is 24.7 Å². The number of aryl methyl sites for hydroxylation is 1. The van der Waals surface area contributed by atoms with Crippen molar-refractivity contribution in [2.45, 2.75) is 59.5 Å². The molecular weight excluding hydrogens is 470 g/mol. The Balaban J connectivity index is 1.78. The number of carbonyl (C=O) groups is 2. The molecule has 0 fully saturated rings. The molecular formula is C26H36ClN3O3S. The van der Waals surface area contributed by atoms with Gasteiger partial charge in [-0.2, -0.15) is 0 Å². The topological polar surface area (TPSA) is 61.9 Å². The zero-order chi connectivity index (χ0) is 25.0. The lowest BCUT2D eigenvalue weighted by Crippen LogP contribution is -2.53. The molecule has 8 heteroatoms. The summed E-state index contributed by atoms with van der Waals surface area (Å²) in [6.07, 6.45) is 0.813. The van der Waals surface area contributed by atoms with Crippen LogP contribution in [0.1, 0.15) is 56.7 Å². The van der Waals surface area contributed by atoms with E-state index >= 15 is 0 Å². The molecule has 0 saturated heterocycles. The lowest BCUT2D eigenvalue weighted by molar-refractivity contribution is -0.135. The number of benzene rings is 1. The number of ether oxygens (including phenoxy) is 1. The number of fused-ring (bicyclic) bond motifs is 1. The maximum atomic E-state index is 13.5. The lowest BCUT2D eigenvalue weighted by atomic mass is 10.0. The first-order chi connectivity index (χ1) is 15.9. The van der Waals surface area contributed by atoms with E-state index in [1.807, 2.05) is 64.6 Å². The highest BCUT2D eigenvalue weighted by Crippen LogP contribution is 2.34. The number of hydrogen-bond donors (Lipinski definition) is 1. The quantitative estimate of drug-likeness (QED) is 0.526. The summed E-state index contributed by atoms with van der Waals surface area (Å²) in [6.45, 7) is 13.3. The Kier molecular flexibility index (Phi) is 8.52. The summed E-state index contributed by atoms with van der Waals surface area (Å²) in [5.74, 6) is 0.903. The molecule has 0 radical (unpaired) electrons. The fourth-order valence-corrected chi connectivity index (χ4v) is 5.12. The highest BCUT2D eigenvalue weighted by Gasteiger charge is 2.34. The highest BCUT2D eigenvalue weighted by atomic mass is 35.5. The normalized spacial score (nSPS) is 15.8. The van der Waals surface area contributed by atoms with Crippen molar-refractivity contribution in [1.82, 2.24) is 15.1 Å². The van der Waals surface area contributed by atoms with Crippen molar-refractivity contribution >= 4 is 34.9 Å². The molecule has 0 saturated carbocycles. The molecule has 1 N–H and O–H groups in total. The Hall–Kier alpha value is -2.25.